The smallest absolute Gasteiger partial charge is 0.0433 e. The van der Waals surface area contributed by atoms with Crippen LogP contribution in [0.3, 0.4) is 0 Å². The first-order valence-electron chi connectivity index (χ1n) is 7.06. The van der Waals surface area contributed by atoms with Gasteiger partial charge in [-0.15, -0.1) is 0 Å². The third-order valence-corrected chi connectivity index (χ3v) is 3.29. The van der Waals surface area contributed by atoms with Crippen LogP contribution in [-0.4, -0.2) is 23.4 Å². The molecule has 16 heavy (non-hydrogen) atoms. The summed E-state index contributed by atoms with van der Waals surface area (Å²) in [6.07, 6.45) is 12.3. The summed E-state index contributed by atoms with van der Waals surface area (Å²) in [7, 11) is 0. The molecule has 0 atom stereocenters. The van der Waals surface area contributed by atoms with Gasteiger partial charge in [0.25, 0.3) is 0 Å². The molecule has 2 N–H and O–H groups in total. The maximum atomic E-state index is 8.88. The molecule has 0 aromatic rings. The van der Waals surface area contributed by atoms with Crippen LogP contribution in [0.15, 0.2) is 0 Å². The Kier molecular flexibility index (Phi) is 12.9. The standard InChI is InChI=1S/C14H30O2/c1-2-3-4-5-6-7-8-9-14(10-12-15)11-13-16/h14-16H,2-13H2,1H3. The van der Waals surface area contributed by atoms with E-state index in [0.717, 1.165) is 12.8 Å². The summed E-state index contributed by atoms with van der Waals surface area (Å²) in [5, 5.41) is 17.8. The van der Waals surface area contributed by atoms with Gasteiger partial charge < -0.3 is 10.2 Å². The van der Waals surface area contributed by atoms with Crippen LogP contribution in [0.5, 0.6) is 0 Å². The van der Waals surface area contributed by atoms with E-state index in [1.165, 1.54) is 51.4 Å². The van der Waals surface area contributed by atoms with Crippen molar-refractivity contribution in [3.05, 3.63) is 0 Å². The highest BCUT2D eigenvalue weighted by molar-refractivity contribution is 4.59. The van der Waals surface area contributed by atoms with Gasteiger partial charge in [0.05, 0.1) is 0 Å². The minimum atomic E-state index is 0.265. The number of rotatable bonds is 12. The summed E-state index contributed by atoms with van der Waals surface area (Å²) in [4.78, 5) is 0. The molecule has 0 unspecified atom stereocenters. The molecule has 0 aliphatic carbocycles. The van der Waals surface area contributed by atoms with E-state index in [0.29, 0.717) is 5.92 Å². The summed E-state index contributed by atoms with van der Waals surface area (Å²) in [5.41, 5.74) is 0. The summed E-state index contributed by atoms with van der Waals surface area (Å²) in [6.45, 7) is 2.77. The molecule has 0 aliphatic heterocycles. The molecule has 0 aromatic heterocycles. The molecule has 2 nitrogen and oxygen atoms in total. The van der Waals surface area contributed by atoms with Gasteiger partial charge in [-0.25, -0.2) is 0 Å². The second-order valence-corrected chi connectivity index (χ2v) is 4.80. The topological polar surface area (TPSA) is 40.5 Å². The van der Waals surface area contributed by atoms with E-state index in [2.05, 4.69) is 6.92 Å². The van der Waals surface area contributed by atoms with Gasteiger partial charge in [-0.2, -0.15) is 0 Å². The first kappa shape index (κ1) is 15.9. The van der Waals surface area contributed by atoms with Crippen molar-refractivity contribution in [2.45, 2.75) is 71.1 Å². The Labute approximate surface area is 101 Å². The maximum absolute atomic E-state index is 8.88. The van der Waals surface area contributed by atoms with Crippen molar-refractivity contribution in [2.75, 3.05) is 13.2 Å². The monoisotopic (exact) mass is 230 g/mol. The van der Waals surface area contributed by atoms with Crippen LogP contribution in [0.2, 0.25) is 0 Å². The van der Waals surface area contributed by atoms with Gasteiger partial charge >= 0.3 is 0 Å². The Hall–Kier alpha value is -0.0800. The van der Waals surface area contributed by atoms with Gasteiger partial charge in [0.15, 0.2) is 0 Å². The number of aliphatic hydroxyl groups excluding tert-OH is 2. The van der Waals surface area contributed by atoms with Gasteiger partial charge in [0.1, 0.15) is 0 Å². The van der Waals surface area contributed by atoms with Gasteiger partial charge in [-0.05, 0) is 18.8 Å². The molecule has 0 heterocycles. The lowest BCUT2D eigenvalue weighted by Crippen LogP contribution is -2.05. The number of hydrogen-bond donors (Lipinski definition) is 2. The fourth-order valence-electron chi connectivity index (χ4n) is 2.19. The van der Waals surface area contributed by atoms with Crippen molar-refractivity contribution in [2.24, 2.45) is 5.92 Å². The van der Waals surface area contributed by atoms with Gasteiger partial charge in [0.2, 0.25) is 0 Å². The lowest BCUT2D eigenvalue weighted by atomic mass is 9.95. The van der Waals surface area contributed by atoms with Crippen molar-refractivity contribution in [1.29, 1.82) is 0 Å². The highest BCUT2D eigenvalue weighted by Crippen LogP contribution is 2.18. The van der Waals surface area contributed by atoms with E-state index in [1.54, 1.807) is 0 Å². The summed E-state index contributed by atoms with van der Waals surface area (Å²) < 4.78 is 0. The number of hydrogen-bond acceptors (Lipinski definition) is 2. The average Bonchev–Trinajstić information content (AvgIpc) is 2.28. The lowest BCUT2D eigenvalue weighted by molar-refractivity contribution is 0.207. The second-order valence-electron chi connectivity index (χ2n) is 4.80. The third-order valence-electron chi connectivity index (χ3n) is 3.29. The Morgan fingerprint density at radius 1 is 0.688 bits per heavy atom. The second kappa shape index (κ2) is 13.0. The Bertz CT molecular complexity index is 120. The normalized spacial score (nSPS) is 11.2. The zero-order chi connectivity index (χ0) is 12.1. The van der Waals surface area contributed by atoms with E-state index >= 15 is 0 Å². The number of aliphatic hydroxyl groups is 2. The van der Waals surface area contributed by atoms with Crippen LogP contribution in [-0.2, 0) is 0 Å². The van der Waals surface area contributed by atoms with Gasteiger partial charge in [0, 0.05) is 13.2 Å². The Morgan fingerprint density at radius 2 is 1.19 bits per heavy atom. The Balaban J connectivity index is 3.25. The molecule has 0 saturated heterocycles. The molecule has 0 saturated carbocycles. The molecule has 0 rings (SSSR count). The van der Waals surface area contributed by atoms with Crippen LogP contribution in [0.4, 0.5) is 0 Å². The fraction of sp³-hybridized carbons (Fsp3) is 1.00. The molecule has 0 radical (unpaired) electrons. The van der Waals surface area contributed by atoms with Gasteiger partial charge in [-0.1, -0.05) is 58.3 Å². The van der Waals surface area contributed by atoms with Crippen molar-refractivity contribution < 1.29 is 10.2 Å². The minimum absolute atomic E-state index is 0.265. The Morgan fingerprint density at radius 3 is 1.69 bits per heavy atom. The molecule has 0 bridgehead atoms. The molecule has 0 aliphatic rings. The quantitative estimate of drug-likeness (QED) is 0.504. The molecule has 0 fully saturated rings. The van der Waals surface area contributed by atoms with Crippen LogP contribution >= 0.6 is 0 Å². The van der Waals surface area contributed by atoms with E-state index in [4.69, 9.17) is 10.2 Å². The lowest BCUT2D eigenvalue weighted by Gasteiger charge is -2.13. The molecule has 0 aromatic carbocycles. The number of unbranched alkanes of at least 4 members (excludes halogenated alkanes) is 6. The summed E-state index contributed by atoms with van der Waals surface area (Å²) in [6, 6.07) is 0. The van der Waals surface area contributed by atoms with Gasteiger partial charge in [-0.3, -0.25) is 0 Å². The van der Waals surface area contributed by atoms with Crippen LogP contribution in [0, 0.1) is 5.92 Å². The first-order valence-corrected chi connectivity index (χ1v) is 7.06. The summed E-state index contributed by atoms with van der Waals surface area (Å²) >= 11 is 0. The highest BCUT2D eigenvalue weighted by Gasteiger charge is 2.06. The van der Waals surface area contributed by atoms with E-state index in [1.807, 2.05) is 0 Å². The molecule has 98 valence electrons. The van der Waals surface area contributed by atoms with E-state index in [-0.39, 0.29) is 13.2 Å². The first-order chi connectivity index (χ1) is 7.85. The van der Waals surface area contributed by atoms with Crippen LogP contribution < -0.4 is 0 Å². The highest BCUT2D eigenvalue weighted by atomic mass is 16.3. The molecular formula is C14H30O2. The van der Waals surface area contributed by atoms with E-state index < -0.39 is 0 Å². The molecule has 0 amide bonds. The van der Waals surface area contributed by atoms with Crippen LogP contribution in [0.1, 0.15) is 71.1 Å². The molecule has 0 spiro atoms. The predicted molar refractivity (Wildman–Crippen MR) is 69.5 cm³/mol. The van der Waals surface area contributed by atoms with Crippen molar-refractivity contribution >= 4 is 0 Å². The maximum Gasteiger partial charge on any atom is 0.0433 e. The van der Waals surface area contributed by atoms with Crippen LogP contribution in [0.25, 0.3) is 0 Å². The third kappa shape index (κ3) is 10.4. The molecule has 2 heteroatoms. The zero-order valence-corrected chi connectivity index (χ0v) is 11.0. The average molecular weight is 230 g/mol. The van der Waals surface area contributed by atoms with Crippen molar-refractivity contribution in [3.63, 3.8) is 0 Å². The predicted octanol–water partition coefficient (Wildman–Crippen LogP) is 3.51. The minimum Gasteiger partial charge on any atom is -0.396 e. The van der Waals surface area contributed by atoms with Crippen molar-refractivity contribution in [1.82, 2.24) is 0 Å². The largest absolute Gasteiger partial charge is 0.396 e. The van der Waals surface area contributed by atoms with E-state index in [9.17, 15) is 0 Å². The molecular weight excluding hydrogens is 200 g/mol. The fourth-order valence-corrected chi connectivity index (χ4v) is 2.19. The zero-order valence-electron chi connectivity index (χ0n) is 11.0. The van der Waals surface area contributed by atoms with Crippen molar-refractivity contribution in [3.8, 4) is 0 Å². The summed E-state index contributed by atoms with van der Waals surface area (Å²) in [5.74, 6) is 0.533. The SMILES string of the molecule is CCCCCCCCCC(CCO)CCO.